The Morgan fingerprint density at radius 3 is 2.71 bits per heavy atom. The molecule has 1 N–H and O–H groups in total. The molecule has 0 atom stereocenters. The van der Waals surface area contributed by atoms with Crippen LogP contribution in [0.5, 0.6) is 17.2 Å². The van der Waals surface area contributed by atoms with E-state index in [1.807, 2.05) is 42.5 Å². The number of thiazole rings is 1. The third-order valence-corrected chi connectivity index (χ3v) is 5.74. The van der Waals surface area contributed by atoms with Crippen molar-refractivity contribution in [3.05, 3.63) is 66.5 Å². The second-order valence-corrected chi connectivity index (χ2v) is 7.61. The van der Waals surface area contributed by atoms with Crippen molar-refractivity contribution in [2.45, 2.75) is 6.92 Å². The molecule has 4 aromatic rings. The maximum atomic E-state index is 11.8. The van der Waals surface area contributed by atoms with E-state index in [1.54, 1.807) is 43.8 Å². The van der Waals surface area contributed by atoms with Crippen LogP contribution in [0.15, 0.2) is 60.8 Å². The van der Waals surface area contributed by atoms with Gasteiger partial charge < -0.3 is 19.7 Å². The molecule has 0 saturated carbocycles. The van der Waals surface area contributed by atoms with E-state index < -0.39 is 0 Å². The first-order valence-corrected chi connectivity index (χ1v) is 10.6. The largest absolute Gasteiger partial charge is 0.495 e. The van der Waals surface area contributed by atoms with Crippen LogP contribution in [0.3, 0.4) is 0 Å². The number of rotatable bonds is 7. The summed E-state index contributed by atoms with van der Waals surface area (Å²) in [6.07, 6.45) is 1.55. The molecule has 0 aliphatic carbocycles. The van der Waals surface area contributed by atoms with Crippen LogP contribution >= 0.6 is 11.3 Å². The standard InChI is InChI=1S/C23H22N4O3S/c1-4-27(19-7-5-6-8-20(19)29-3)23-26-17-10-9-15(14-21(17)31-23)30-16-11-12-25-18(13-16)22(28)24-2/h5-14H,4H2,1-3H3,(H,24,28). The average Bonchev–Trinajstić information content (AvgIpc) is 3.22. The van der Waals surface area contributed by atoms with Gasteiger partial charge in [0, 0.05) is 31.9 Å². The van der Waals surface area contributed by atoms with Gasteiger partial charge in [0.1, 0.15) is 22.9 Å². The number of nitrogens with zero attached hydrogens (tertiary/aromatic N) is 3. The molecule has 0 aliphatic heterocycles. The number of benzene rings is 2. The number of methoxy groups -OCH3 is 1. The van der Waals surface area contributed by atoms with E-state index in [1.165, 1.54) is 0 Å². The normalized spacial score (nSPS) is 10.7. The van der Waals surface area contributed by atoms with Gasteiger partial charge in [-0.05, 0) is 37.3 Å². The van der Waals surface area contributed by atoms with Crippen LogP contribution in [0.1, 0.15) is 17.4 Å². The highest BCUT2D eigenvalue weighted by Gasteiger charge is 2.17. The fraction of sp³-hybridized carbons (Fsp3) is 0.174. The number of ether oxygens (including phenoxy) is 2. The number of carbonyl (C=O) groups excluding carboxylic acids is 1. The van der Waals surface area contributed by atoms with Crippen LogP contribution in [0, 0.1) is 0 Å². The number of amides is 1. The highest BCUT2D eigenvalue weighted by molar-refractivity contribution is 7.22. The summed E-state index contributed by atoms with van der Waals surface area (Å²) in [4.78, 5) is 22.8. The zero-order valence-electron chi connectivity index (χ0n) is 17.5. The van der Waals surface area contributed by atoms with Gasteiger partial charge in [0.2, 0.25) is 0 Å². The van der Waals surface area contributed by atoms with E-state index in [0.717, 1.165) is 33.3 Å². The molecule has 0 fully saturated rings. The molecule has 0 unspecified atom stereocenters. The summed E-state index contributed by atoms with van der Waals surface area (Å²) in [7, 11) is 3.24. The van der Waals surface area contributed by atoms with Gasteiger partial charge >= 0.3 is 0 Å². The second-order valence-electron chi connectivity index (χ2n) is 6.60. The lowest BCUT2D eigenvalue weighted by Crippen LogP contribution is -2.18. The predicted molar refractivity (Wildman–Crippen MR) is 123 cm³/mol. The van der Waals surface area contributed by atoms with Crippen molar-refractivity contribution >= 4 is 38.3 Å². The Bertz CT molecular complexity index is 1220. The Labute approximate surface area is 184 Å². The highest BCUT2D eigenvalue weighted by atomic mass is 32.1. The third kappa shape index (κ3) is 4.29. The Hall–Kier alpha value is -3.65. The molecule has 31 heavy (non-hydrogen) atoms. The molecule has 0 radical (unpaired) electrons. The van der Waals surface area contributed by atoms with Crippen molar-refractivity contribution in [1.82, 2.24) is 15.3 Å². The summed E-state index contributed by atoms with van der Waals surface area (Å²) in [6, 6.07) is 17.0. The lowest BCUT2D eigenvalue weighted by atomic mass is 10.2. The summed E-state index contributed by atoms with van der Waals surface area (Å²) < 4.78 is 12.5. The third-order valence-electron chi connectivity index (χ3n) is 4.70. The Morgan fingerprint density at radius 2 is 1.94 bits per heavy atom. The van der Waals surface area contributed by atoms with Crippen LogP contribution in [-0.2, 0) is 0 Å². The molecular formula is C23H22N4O3S. The van der Waals surface area contributed by atoms with E-state index in [0.29, 0.717) is 17.2 Å². The van der Waals surface area contributed by atoms with Crippen molar-refractivity contribution in [2.75, 3.05) is 25.6 Å². The first-order chi connectivity index (χ1) is 15.1. The molecule has 2 heterocycles. The maximum Gasteiger partial charge on any atom is 0.269 e. The lowest BCUT2D eigenvalue weighted by Gasteiger charge is -2.22. The molecule has 4 rings (SSSR count). The number of pyridine rings is 1. The SMILES string of the molecule is CCN(c1nc2ccc(Oc3ccnc(C(=O)NC)c3)cc2s1)c1ccccc1OC. The minimum absolute atomic E-state index is 0.260. The number of nitrogens with one attached hydrogen (secondary N) is 1. The van der Waals surface area contributed by atoms with Gasteiger partial charge in [-0.15, -0.1) is 0 Å². The van der Waals surface area contributed by atoms with Crippen LogP contribution in [-0.4, -0.2) is 36.6 Å². The van der Waals surface area contributed by atoms with Crippen LogP contribution in [0.4, 0.5) is 10.8 Å². The molecule has 2 aromatic heterocycles. The Kier molecular flexibility index (Phi) is 5.99. The fourth-order valence-corrected chi connectivity index (χ4v) is 4.27. The molecule has 0 spiro atoms. The van der Waals surface area contributed by atoms with Crippen molar-refractivity contribution in [3.8, 4) is 17.2 Å². The summed E-state index contributed by atoms with van der Waals surface area (Å²) in [6.45, 7) is 2.84. The van der Waals surface area contributed by atoms with Crippen LogP contribution in [0.2, 0.25) is 0 Å². The maximum absolute atomic E-state index is 11.8. The minimum Gasteiger partial charge on any atom is -0.495 e. The monoisotopic (exact) mass is 434 g/mol. The number of fused-ring (bicyclic) bond motifs is 1. The number of anilines is 2. The zero-order chi connectivity index (χ0) is 21.8. The summed E-state index contributed by atoms with van der Waals surface area (Å²) >= 11 is 1.58. The van der Waals surface area contributed by atoms with Crippen molar-refractivity contribution < 1.29 is 14.3 Å². The number of aromatic nitrogens is 2. The second kappa shape index (κ2) is 9.01. The van der Waals surface area contributed by atoms with Crippen molar-refractivity contribution in [1.29, 1.82) is 0 Å². The van der Waals surface area contributed by atoms with Crippen LogP contribution in [0.25, 0.3) is 10.2 Å². The average molecular weight is 435 g/mol. The molecule has 1 amide bonds. The van der Waals surface area contributed by atoms with Crippen LogP contribution < -0.4 is 19.7 Å². The lowest BCUT2D eigenvalue weighted by molar-refractivity contribution is 0.0958. The van der Waals surface area contributed by atoms with E-state index >= 15 is 0 Å². The molecule has 2 aromatic carbocycles. The van der Waals surface area contributed by atoms with Gasteiger partial charge in [0.25, 0.3) is 5.91 Å². The first kappa shape index (κ1) is 20.6. The number of para-hydroxylation sites is 2. The molecule has 0 bridgehead atoms. The topological polar surface area (TPSA) is 76.6 Å². The van der Waals surface area contributed by atoms with E-state index in [9.17, 15) is 4.79 Å². The highest BCUT2D eigenvalue weighted by Crippen LogP contribution is 2.38. The summed E-state index contributed by atoms with van der Waals surface area (Å²) in [5.74, 6) is 1.75. The number of hydrogen-bond donors (Lipinski definition) is 1. The Balaban J connectivity index is 1.63. The predicted octanol–water partition coefficient (Wildman–Crippen LogP) is 5.01. The van der Waals surface area contributed by atoms with Gasteiger partial charge in [0.15, 0.2) is 5.13 Å². The van der Waals surface area contributed by atoms with Gasteiger partial charge in [-0.25, -0.2) is 4.98 Å². The minimum atomic E-state index is -0.260. The van der Waals surface area contributed by atoms with Crippen molar-refractivity contribution in [3.63, 3.8) is 0 Å². The number of hydrogen-bond acceptors (Lipinski definition) is 7. The molecule has 158 valence electrons. The number of carbonyl (C=O) groups is 1. The summed E-state index contributed by atoms with van der Waals surface area (Å²) in [5.41, 5.74) is 2.17. The van der Waals surface area contributed by atoms with E-state index in [4.69, 9.17) is 14.5 Å². The van der Waals surface area contributed by atoms with E-state index in [2.05, 4.69) is 22.1 Å². The zero-order valence-corrected chi connectivity index (χ0v) is 18.3. The first-order valence-electron chi connectivity index (χ1n) is 9.80. The molecule has 0 aliphatic rings. The van der Waals surface area contributed by atoms with Crippen molar-refractivity contribution in [2.24, 2.45) is 0 Å². The smallest absolute Gasteiger partial charge is 0.269 e. The summed E-state index contributed by atoms with van der Waals surface area (Å²) in [5, 5.41) is 3.44. The van der Waals surface area contributed by atoms with Gasteiger partial charge in [-0.3, -0.25) is 9.78 Å². The quantitative estimate of drug-likeness (QED) is 0.441. The van der Waals surface area contributed by atoms with Gasteiger partial charge in [-0.1, -0.05) is 23.5 Å². The molecular weight excluding hydrogens is 412 g/mol. The van der Waals surface area contributed by atoms with E-state index in [-0.39, 0.29) is 5.91 Å². The Morgan fingerprint density at radius 1 is 1.13 bits per heavy atom. The molecule has 8 heteroatoms. The fourth-order valence-electron chi connectivity index (χ4n) is 3.20. The van der Waals surface area contributed by atoms with Gasteiger partial charge in [-0.2, -0.15) is 0 Å². The molecule has 7 nitrogen and oxygen atoms in total. The molecule has 0 saturated heterocycles. The van der Waals surface area contributed by atoms with Gasteiger partial charge in [0.05, 0.1) is 23.0 Å².